The van der Waals surface area contributed by atoms with Crippen molar-refractivity contribution in [1.82, 2.24) is 39.9 Å². The third kappa shape index (κ3) is 8.28. The zero-order valence-corrected chi connectivity index (χ0v) is 32.0. The highest BCUT2D eigenvalue weighted by Gasteiger charge is 2.45. The van der Waals surface area contributed by atoms with E-state index >= 15 is 0 Å². The Hall–Kier alpha value is -5.99. The first kappa shape index (κ1) is 40.7. The molecule has 3 aliphatic carbocycles. The van der Waals surface area contributed by atoms with E-state index in [0.29, 0.717) is 34.4 Å². The molecule has 2 bridgehead atoms. The first-order valence-corrected chi connectivity index (χ1v) is 18.7. The molecule has 15 heteroatoms. The van der Waals surface area contributed by atoms with E-state index in [1.54, 1.807) is 25.5 Å². The standard InChI is InChI=1S/C22H24FN5O.C19H22FN5O2.CH4/c1-11-7-17(23)22(27-19(11)15-9-25-21-16(15)8-24-10-26-21)28-20-14-5-3-13(4-6-14)18(20)12(2)29;1-10-5-13(20)18(24-14(6-15(26)27)19(2,3)4)25-16(10)11-8-22-17-12(11)7-21-9-23-17;/h7-10,13-14,18,20,29H,2-6H2,1H3,(H,27,28)(H,24,25,26);5,7-9,14H,6H2,1-4H3,(H,24,25)(H,26,27)(H,21,22,23);1H4/t13?,14?,18-,20-;;/m0../s1. The second-order valence-corrected chi connectivity index (χ2v) is 16.0. The number of nitrogens with one attached hydrogen (secondary N) is 4. The molecule has 1 unspecified atom stereocenters. The van der Waals surface area contributed by atoms with Crippen molar-refractivity contribution in [2.45, 2.75) is 86.2 Å². The lowest BCUT2D eigenvalue weighted by atomic mass is 9.61. The van der Waals surface area contributed by atoms with Gasteiger partial charge in [0.25, 0.3) is 0 Å². The van der Waals surface area contributed by atoms with Crippen molar-refractivity contribution in [3.8, 4) is 22.5 Å². The van der Waals surface area contributed by atoms with Crippen LogP contribution in [0.2, 0.25) is 0 Å². The fourth-order valence-electron chi connectivity index (χ4n) is 8.23. The Bertz CT molecular complexity index is 2410. The highest BCUT2D eigenvalue weighted by molar-refractivity contribution is 5.93. The van der Waals surface area contributed by atoms with E-state index in [2.05, 4.69) is 57.1 Å². The van der Waals surface area contributed by atoms with E-state index in [9.17, 15) is 23.8 Å². The van der Waals surface area contributed by atoms with E-state index in [1.807, 2.05) is 33.9 Å². The van der Waals surface area contributed by atoms with Crippen LogP contribution in [-0.4, -0.2) is 68.1 Å². The summed E-state index contributed by atoms with van der Waals surface area (Å²) >= 11 is 0. The van der Waals surface area contributed by atoms with Crippen LogP contribution in [0, 0.1) is 48.7 Å². The summed E-state index contributed by atoms with van der Waals surface area (Å²) in [5.41, 5.74) is 5.27. The second kappa shape index (κ2) is 16.2. The van der Waals surface area contributed by atoms with Crippen molar-refractivity contribution in [1.29, 1.82) is 0 Å². The summed E-state index contributed by atoms with van der Waals surface area (Å²) in [6, 6.07) is 2.37. The molecule has 0 saturated heterocycles. The number of hydrogen-bond donors (Lipinski definition) is 6. The number of hydrogen-bond acceptors (Lipinski definition) is 10. The average molecular weight is 781 g/mol. The SMILES string of the molecule is C.C=C(O)[C@H]1C2CCC(CC2)[C@@H]1Nc1nc(-c2c[nH]c3ncncc23)c(C)cc1F.Cc1cc(F)c(NC(CC(=O)O)C(C)(C)C)nc1-c1c[nH]c2ncncc12. The van der Waals surface area contributed by atoms with Crippen LogP contribution in [0.4, 0.5) is 20.4 Å². The molecule has 0 aromatic carbocycles. The van der Waals surface area contributed by atoms with Crippen molar-refractivity contribution < 1.29 is 23.8 Å². The van der Waals surface area contributed by atoms with Crippen LogP contribution in [0.1, 0.15) is 71.4 Å². The molecule has 6 aromatic rings. The number of nitrogens with zero attached hydrogens (tertiary/aromatic N) is 6. The first-order chi connectivity index (χ1) is 26.7. The Balaban J connectivity index is 0.000000190. The van der Waals surface area contributed by atoms with E-state index < -0.39 is 23.2 Å². The van der Waals surface area contributed by atoms with Crippen LogP contribution in [0.5, 0.6) is 0 Å². The molecule has 0 radical (unpaired) electrons. The Morgan fingerprint density at radius 3 is 1.84 bits per heavy atom. The number of halogens is 2. The summed E-state index contributed by atoms with van der Waals surface area (Å²) in [6.07, 6.45) is 14.2. The van der Waals surface area contributed by atoms with Gasteiger partial charge < -0.3 is 30.8 Å². The number of aliphatic carboxylic acids is 1. The van der Waals surface area contributed by atoms with Gasteiger partial charge in [0.2, 0.25) is 0 Å². The number of fused-ring (bicyclic) bond motifs is 5. The maximum Gasteiger partial charge on any atom is 0.305 e. The Morgan fingerprint density at radius 1 is 0.860 bits per heavy atom. The molecule has 9 rings (SSSR count). The highest BCUT2D eigenvalue weighted by atomic mass is 19.1. The number of carbonyl (C=O) groups is 1. The number of aromatic amines is 2. The maximum absolute atomic E-state index is 14.9. The van der Waals surface area contributed by atoms with Gasteiger partial charge in [-0.1, -0.05) is 34.8 Å². The van der Waals surface area contributed by atoms with Gasteiger partial charge in [0.1, 0.15) is 23.9 Å². The van der Waals surface area contributed by atoms with Crippen LogP contribution in [-0.2, 0) is 4.79 Å². The molecule has 3 fully saturated rings. The van der Waals surface area contributed by atoms with Gasteiger partial charge in [-0.05, 0) is 80.0 Å². The van der Waals surface area contributed by atoms with Crippen LogP contribution >= 0.6 is 0 Å². The van der Waals surface area contributed by atoms with Crippen molar-refractivity contribution in [3.05, 3.63) is 84.7 Å². The van der Waals surface area contributed by atoms with Crippen molar-refractivity contribution in [2.24, 2.45) is 23.2 Å². The minimum Gasteiger partial charge on any atom is -0.513 e. The summed E-state index contributed by atoms with van der Waals surface area (Å²) in [6.45, 7) is 13.1. The van der Waals surface area contributed by atoms with E-state index in [1.165, 1.54) is 24.8 Å². The van der Waals surface area contributed by atoms with Crippen LogP contribution in [0.25, 0.3) is 44.6 Å². The number of aromatic nitrogens is 8. The molecule has 0 spiro atoms. The molecule has 57 heavy (non-hydrogen) atoms. The van der Waals surface area contributed by atoms with Gasteiger partial charge in [0.15, 0.2) is 23.3 Å². The lowest BCUT2D eigenvalue weighted by Crippen LogP contribution is -2.49. The third-order valence-electron chi connectivity index (χ3n) is 11.2. The summed E-state index contributed by atoms with van der Waals surface area (Å²) in [4.78, 5) is 43.1. The predicted octanol–water partition coefficient (Wildman–Crippen LogP) is 9.16. The molecule has 6 aromatic heterocycles. The minimum atomic E-state index is -0.955. The second-order valence-electron chi connectivity index (χ2n) is 16.0. The number of carboxylic acids is 1. The number of aliphatic hydroxyl groups is 1. The van der Waals surface area contributed by atoms with Crippen molar-refractivity contribution >= 4 is 39.7 Å². The quantitative estimate of drug-likeness (QED) is 0.0767. The molecule has 0 aliphatic heterocycles. The molecule has 300 valence electrons. The zero-order valence-electron chi connectivity index (χ0n) is 32.0. The van der Waals surface area contributed by atoms with Gasteiger partial charge in [-0.15, -0.1) is 0 Å². The van der Waals surface area contributed by atoms with Gasteiger partial charge in [0.05, 0.1) is 23.6 Å². The van der Waals surface area contributed by atoms with Crippen LogP contribution < -0.4 is 10.6 Å². The Labute approximate surface area is 329 Å². The maximum atomic E-state index is 14.9. The van der Waals surface area contributed by atoms with Crippen LogP contribution in [0.3, 0.4) is 0 Å². The zero-order chi connectivity index (χ0) is 39.9. The number of H-pyrrole nitrogens is 2. The van der Waals surface area contributed by atoms with Crippen molar-refractivity contribution in [3.63, 3.8) is 0 Å². The smallest absolute Gasteiger partial charge is 0.305 e. The fraction of sp³-hybridized carbons (Fsp3) is 0.405. The number of aryl methyl sites for hydroxylation is 2. The van der Waals surface area contributed by atoms with Crippen LogP contribution in [0.15, 0.2) is 61.9 Å². The number of anilines is 2. The van der Waals surface area contributed by atoms with Gasteiger partial charge in [-0.3, -0.25) is 4.79 Å². The molecule has 13 nitrogen and oxygen atoms in total. The predicted molar refractivity (Wildman–Crippen MR) is 218 cm³/mol. The highest BCUT2D eigenvalue weighted by Crippen LogP contribution is 2.48. The Morgan fingerprint density at radius 2 is 1.35 bits per heavy atom. The van der Waals surface area contributed by atoms with Gasteiger partial charge in [0, 0.05) is 64.7 Å². The molecule has 0 amide bonds. The topological polar surface area (TPSA) is 191 Å². The largest absolute Gasteiger partial charge is 0.513 e. The van der Waals surface area contributed by atoms with E-state index in [-0.39, 0.29) is 49.0 Å². The van der Waals surface area contributed by atoms with Crippen molar-refractivity contribution in [2.75, 3.05) is 10.6 Å². The lowest BCUT2D eigenvalue weighted by Gasteiger charge is -2.48. The fourth-order valence-corrected chi connectivity index (χ4v) is 8.23. The first-order valence-electron chi connectivity index (χ1n) is 18.7. The normalized spacial score (nSPS) is 19.4. The summed E-state index contributed by atoms with van der Waals surface area (Å²) < 4.78 is 29.4. The molecule has 3 aliphatic rings. The average Bonchev–Trinajstić information content (AvgIpc) is 3.78. The molecule has 6 heterocycles. The number of pyridine rings is 2. The molecule has 6 N–H and O–H groups in total. The molecule has 3 saturated carbocycles. The van der Waals surface area contributed by atoms with E-state index in [4.69, 9.17) is 0 Å². The monoisotopic (exact) mass is 780 g/mol. The summed E-state index contributed by atoms with van der Waals surface area (Å²) in [5.74, 6) is -0.686. The lowest BCUT2D eigenvalue weighted by molar-refractivity contribution is -0.137. The van der Waals surface area contributed by atoms with Gasteiger partial charge in [-0.25, -0.2) is 38.7 Å². The number of rotatable bonds is 9. The van der Waals surface area contributed by atoms with E-state index in [0.717, 1.165) is 58.8 Å². The number of carboxylic acid groups (broad SMARTS) is 1. The molecular formula is C42H50F2N10O3. The Kier molecular flexibility index (Phi) is 11.6. The molecule has 3 atom stereocenters. The number of aliphatic hydroxyl groups excluding tert-OH is 1. The summed E-state index contributed by atoms with van der Waals surface area (Å²) in [5, 5.41) is 27.4. The van der Waals surface area contributed by atoms with Gasteiger partial charge in [-0.2, -0.15) is 0 Å². The summed E-state index contributed by atoms with van der Waals surface area (Å²) in [7, 11) is 0. The third-order valence-corrected chi connectivity index (χ3v) is 11.2. The molecular weight excluding hydrogens is 731 g/mol. The minimum absolute atomic E-state index is 0. The van der Waals surface area contributed by atoms with Gasteiger partial charge >= 0.3 is 5.97 Å².